The molecule has 1 fully saturated rings. The highest BCUT2D eigenvalue weighted by molar-refractivity contribution is 9.10. The van der Waals surface area contributed by atoms with E-state index in [1.807, 2.05) is 17.0 Å². The molecule has 0 atom stereocenters. The van der Waals surface area contributed by atoms with Crippen LogP contribution in [-0.2, 0) is 0 Å². The minimum Gasteiger partial charge on any atom is -0.335 e. The molecule has 1 aliphatic rings. The number of carbonyl (C=O) groups excluding carboxylic acids is 1. The van der Waals surface area contributed by atoms with Crippen LogP contribution in [0.25, 0.3) is 0 Å². The molecule has 1 aromatic heterocycles. The second-order valence-corrected chi connectivity index (χ2v) is 4.75. The van der Waals surface area contributed by atoms with Crippen LogP contribution in [0.1, 0.15) is 10.5 Å². The number of piperazine rings is 1. The number of carbonyl (C=O) groups is 1. The van der Waals surface area contributed by atoms with E-state index in [0.29, 0.717) is 10.3 Å². The number of aromatic nitrogens is 1. The molecule has 0 bridgehead atoms. The number of nitrogens with zero attached hydrogens (tertiary/aromatic N) is 3. The molecule has 1 amide bonds. The average molecular weight is 284 g/mol. The summed E-state index contributed by atoms with van der Waals surface area (Å²) in [6, 6.07) is 5.41. The lowest BCUT2D eigenvalue weighted by molar-refractivity contribution is 0.0658. The predicted molar refractivity (Wildman–Crippen MR) is 65.3 cm³/mol. The first kappa shape index (κ1) is 11.5. The zero-order chi connectivity index (χ0) is 11.5. The average Bonchev–Trinajstić information content (AvgIpc) is 2.29. The van der Waals surface area contributed by atoms with Crippen molar-refractivity contribution in [1.82, 2.24) is 14.8 Å². The quantitative estimate of drug-likeness (QED) is 0.728. The molecule has 0 unspecified atom stereocenters. The van der Waals surface area contributed by atoms with Crippen LogP contribution in [0.2, 0.25) is 0 Å². The molecule has 0 saturated carbocycles. The number of pyridine rings is 1. The fourth-order valence-corrected chi connectivity index (χ4v) is 2.04. The summed E-state index contributed by atoms with van der Waals surface area (Å²) < 4.78 is 0.701. The lowest BCUT2D eigenvalue weighted by atomic mass is 10.2. The van der Waals surface area contributed by atoms with Gasteiger partial charge in [-0.2, -0.15) is 0 Å². The Kier molecular flexibility index (Phi) is 3.56. The summed E-state index contributed by atoms with van der Waals surface area (Å²) in [6.07, 6.45) is 0. The maximum Gasteiger partial charge on any atom is 0.272 e. The van der Waals surface area contributed by atoms with Crippen LogP contribution in [-0.4, -0.2) is 53.9 Å². The van der Waals surface area contributed by atoms with E-state index in [1.54, 1.807) is 6.07 Å². The zero-order valence-corrected chi connectivity index (χ0v) is 10.8. The zero-order valence-electron chi connectivity index (χ0n) is 9.19. The Hall–Kier alpha value is -0.940. The van der Waals surface area contributed by atoms with Gasteiger partial charge in [0.1, 0.15) is 10.3 Å². The number of likely N-dealkylation sites (N-methyl/N-ethyl adjacent to an activating group) is 1. The molecule has 0 aliphatic carbocycles. The number of hydrogen-bond acceptors (Lipinski definition) is 3. The van der Waals surface area contributed by atoms with Crippen LogP contribution in [0, 0.1) is 0 Å². The van der Waals surface area contributed by atoms with Gasteiger partial charge in [-0.1, -0.05) is 6.07 Å². The van der Waals surface area contributed by atoms with Gasteiger partial charge in [0.05, 0.1) is 0 Å². The van der Waals surface area contributed by atoms with Gasteiger partial charge in [-0.25, -0.2) is 4.98 Å². The number of hydrogen-bond donors (Lipinski definition) is 0. The van der Waals surface area contributed by atoms with Crippen molar-refractivity contribution in [3.63, 3.8) is 0 Å². The Morgan fingerprint density at radius 1 is 1.31 bits per heavy atom. The molecule has 0 aromatic carbocycles. The largest absolute Gasteiger partial charge is 0.335 e. The van der Waals surface area contributed by atoms with E-state index >= 15 is 0 Å². The van der Waals surface area contributed by atoms with E-state index in [4.69, 9.17) is 0 Å². The third-order valence-corrected chi connectivity index (χ3v) is 3.17. The first-order valence-corrected chi connectivity index (χ1v) is 6.06. The second-order valence-electron chi connectivity index (χ2n) is 3.94. The summed E-state index contributed by atoms with van der Waals surface area (Å²) in [5.74, 6) is 0.0226. The van der Waals surface area contributed by atoms with Crippen LogP contribution >= 0.6 is 15.9 Å². The number of rotatable bonds is 1. The summed E-state index contributed by atoms with van der Waals surface area (Å²) in [5, 5.41) is 0. The van der Waals surface area contributed by atoms with Crippen LogP contribution in [0.4, 0.5) is 0 Å². The predicted octanol–water partition coefficient (Wildman–Crippen LogP) is 1.23. The smallest absolute Gasteiger partial charge is 0.272 e. The molecule has 2 heterocycles. The van der Waals surface area contributed by atoms with E-state index in [9.17, 15) is 4.79 Å². The fourth-order valence-electron chi connectivity index (χ4n) is 1.70. The summed E-state index contributed by atoms with van der Waals surface area (Å²) in [5.41, 5.74) is 0.513. The third kappa shape index (κ3) is 2.59. The number of halogens is 1. The van der Waals surface area contributed by atoms with Gasteiger partial charge in [-0.05, 0) is 35.1 Å². The van der Waals surface area contributed by atoms with Gasteiger partial charge in [0.25, 0.3) is 5.91 Å². The second kappa shape index (κ2) is 4.93. The molecule has 4 nitrogen and oxygen atoms in total. The van der Waals surface area contributed by atoms with Crippen molar-refractivity contribution in [2.75, 3.05) is 33.2 Å². The molecular formula is C11H14BrN3O. The minimum atomic E-state index is 0.0226. The summed E-state index contributed by atoms with van der Waals surface area (Å²) in [7, 11) is 2.07. The molecular weight excluding hydrogens is 270 g/mol. The van der Waals surface area contributed by atoms with Crippen molar-refractivity contribution in [3.8, 4) is 0 Å². The van der Waals surface area contributed by atoms with Gasteiger partial charge in [0.2, 0.25) is 0 Å². The Bertz CT molecular complexity index is 389. The first-order valence-electron chi connectivity index (χ1n) is 5.27. The van der Waals surface area contributed by atoms with Crippen LogP contribution < -0.4 is 0 Å². The highest BCUT2D eigenvalue weighted by Crippen LogP contribution is 2.10. The molecule has 86 valence electrons. The van der Waals surface area contributed by atoms with Crippen LogP contribution in [0.15, 0.2) is 22.8 Å². The molecule has 1 aromatic rings. The lowest BCUT2D eigenvalue weighted by Gasteiger charge is -2.32. The Morgan fingerprint density at radius 2 is 2.00 bits per heavy atom. The summed E-state index contributed by atoms with van der Waals surface area (Å²) >= 11 is 3.27. The van der Waals surface area contributed by atoms with Crippen molar-refractivity contribution >= 4 is 21.8 Å². The van der Waals surface area contributed by atoms with Crippen molar-refractivity contribution in [2.24, 2.45) is 0 Å². The third-order valence-electron chi connectivity index (χ3n) is 2.72. The van der Waals surface area contributed by atoms with E-state index in [0.717, 1.165) is 26.2 Å². The van der Waals surface area contributed by atoms with Gasteiger partial charge in [0.15, 0.2) is 0 Å². The Morgan fingerprint density at radius 3 is 2.62 bits per heavy atom. The monoisotopic (exact) mass is 283 g/mol. The Labute approximate surface area is 103 Å². The van der Waals surface area contributed by atoms with E-state index in [-0.39, 0.29) is 5.91 Å². The topological polar surface area (TPSA) is 36.4 Å². The lowest BCUT2D eigenvalue weighted by Crippen LogP contribution is -2.47. The molecule has 1 saturated heterocycles. The molecule has 2 rings (SSSR count). The van der Waals surface area contributed by atoms with Crippen molar-refractivity contribution in [3.05, 3.63) is 28.5 Å². The molecule has 0 radical (unpaired) electrons. The van der Waals surface area contributed by atoms with Gasteiger partial charge >= 0.3 is 0 Å². The van der Waals surface area contributed by atoms with Gasteiger partial charge in [0, 0.05) is 26.2 Å². The summed E-state index contributed by atoms with van der Waals surface area (Å²) in [4.78, 5) is 20.3. The van der Waals surface area contributed by atoms with E-state index < -0.39 is 0 Å². The molecule has 16 heavy (non-hydrogen) atoms. The number of amides is 1. The maximum atomic E-state index is 12.1. The van der Waals surface area contributed by atoms with Crippen LogP contribution in [0.5, 0.6) is 0 Å². The molecule has 0 N–H and O–H groups in total. The minimum absolute atomic E-state index is 0.0226. The van der Waals surface area contributed by atoms with Crippen molar-refractivity contribution < 1.29 is 4.79 Å². The van der Waals surface area contributed by atoms with Crippen LogP contribution in [0.3, 0.4) is 0 Å². The SMILES string of the molecule is CN1CCN(C(=O)c2cccc(Br)n2)CC1. The highest BCUT2D eigenvalue weighted by atomic mass is 79.9. The van der Waals surface area contributed by atoms with E-state index in [1.165, 1.54) is 0 Å². The maximum absolute atomic E-state index is 12.1. The van der Waals surface area contributed by atoms with Crippen molar-refractivity contribution in [2.45, 2.75) is 0 Å². The highest BCUT2D eigenvalue weighted by Gasteiger charge is 2.21. The first-order chi connectivity index (χ1) is 7.66. The molecule has 1 aliphatic heterocycles. The normalized spacial score (nSPS) is 17.5. The van der Waals surface area contributed by atoms with Gasteiger partial charge < -0.3 is 9.80 Å². The molecule has 0 spiro atoms. The fraction of sp³-hybridized carbons (Fsp3) is 0.455. The van der Waals surface area contributed by atoms with Gasteiger partial charge in [-0.15, -0.1) is 0 Å². The molecule has 5 heteroatoms. The summed E-state index contributed by atoms with van der Waals surface area (Å²) in [6.45, 7) is 3.42. The Balaban J connectivity index is 2.08. The standard InChI is InChI=1S/C11H14BrN3O/c1-14-5-7-15(8-6-14)11(16)9-3-2-4-10(12)13-9/h2-4H,5-8H2,1H3. The van der Waals surface area contributed by atoms with Gasteiger partial charge in [-0.3, -0.25) is 4.79 Å². The van der Waals surface area contributed by atoms with E-state index in [2.05, 4.69) is 32.9 Å². The van der Waals surface area contributed by atoms with Crippen molar-refractivity contribution in [1.29, 1.82) is 0 Å².